The van der Waals surface area contributed by atoms with E-state index in [2.05, 4.69) is 10.2 Å². The maximum atomic E-state index is 11.0. The Labute approximate surface area is 165 Å². The molecule has 5 aromatic rings. The van der Waals surface area contributed by atoms with Gasteiger partial charge in [0, 0.05) is 40.7 Å². The summed E-state index contributed by atoms with van der Waals surface area (Å²) in [5, 5.41) is 21.3. The largest absolute Gasteiger partial charge is 0.322 e. The minimum absolute atomic E-state index is 0.0915. The Morgan fingerprint density at radius 2 is 1.72 bits per heavy atom. The molecule has 0 aliphatic carbocycles. The van der Waals surface area contributed by atoms with E-state index in [0.29, 0.717) is 0 Å². The highest BCUT2D eigenvalue weighted by Gasteiger charge is 2.09. The van der Waals surface area contributed by atoms with Crippen LogP contribution in [-0.4, -0.2) is 19.7 Å². The van der Waals surface area contributed by atoms with Gasteiger partial charge in [-0.15, -0.1) is 0 Å². The fourth-order valence-corrected chi connectivity index (χ4v) is 3.53. The summed E-state index contributed by atoms with van der Waals surface area (Å²) >= 11 is 0. The zero-order valence-corrected chi connectivity index (χ0v) is 15.3. The summed E-state index contributed by atoms with van der Waals surface area (Å²) in [5.74, 6) is 0. The van der Waals surface area contributed by atoms with Crippen LogP contribution in [0.15, 0.2) is 79.1 Å². The summed E-state index contributed by atoms with van der Waals surface area (Å²) in [6.45, 7) is 0. The lowest BCUT2D eigenvalue weighted by molar-refractivity contribution is -0.384. The first-order valence-electron chi connectivity index (χ1n) is 9.16. The summed E-state index contributed by atoms with van der Waals surface area (Å²) < 4.78 is 2.00. The number of aromatic nitrogens is 3. The van der Waals surface area contributed by atoms with E-state index in [0.717, 1.165) is 38.6 Å². The first-order chi connectivity index (χ1) is 14.2. The van der Waals surface area contributed by atoms with Crippen molar-refractivity contribution in [3.05, 3.63) is 100 Å². The molecule has 0 radical (unpaired) electrons. The number of rotatable bonds is 4. The van der Waals surface area contributed by atoms with E-state index in [-0.39, 0.29) is 10.6 Å². The van der Waals surface area contributed by atoms with Crippen LogP contribution in [0.1, 0.15) is 11.3 Å². The van der Waals surface area contributed by atoms with Crippen LogP contribution in [-0.2, 0) is 0 Å². The first-order valence-corrected chi connectivity index (χ1v) is 9.16. The molecule has 1 N–H and O–H groups in total. The molecule has 0 aliphatic heterocycles. The van der Waals surface area contributed by atoms with Crippen LogP contribution in [0, 0.1) is 10.1 Å². The molecule has 0 fully saturated rings. The zero-order chi connectivity index (χ0) is 19.8. The van der Waals surface area contributed by atoms with E-state index in [1.807, 2.05) is 77.6 Å². The van der Waals surface area contributed by atoms with Crippen LogP contribution >= 0.6 is 0 Å². The predicted molar refractivity (Wildman–Crippen MR) is 115 cm³/mol. The van der Waals surface area contributed by atoms with Gasteiger partial charge >= 0.3 is 0 Å². The summed E-state index contributed by atoms with van der Waals surface area (Å²) in [5.41, 5.74) is 3.98. The number of nitrogens with one attached hydrogen (secondary N) is 1. The Hall–Kier alpha value is -4.19. The Morgan fingerprint density at radius 1 is 0.931 bits per heavy atom. The second-order valence-corrected chi connectivity index (χ2v) is 6.78. The number of non-ortho nitro benzene ring substituents is 1. The monoisotopic (exact) mass is 380 g/mol. The van der Waals surface area contributed by atoms with Gasteiger partial charge in [-0.2, -0.15) is 5.10 Å². The molecule has 2 heterocycles. The van der Waals surface area contributed by atoms with Crippen molar-refractivity contribution in [2.75, 3.05) is 0 Å². The van der Waals surface area contributed by atoms with Crippen LogP contribution < -0.4 is 0 Å². The van der Waals surface area contributed by atoms with Crippen LogP contribution in [0.5, 0.6) is 0 Å². The average molecular weight is 380 g/mol. The second kappa shape index (κ2) is 6.76. The summed E-state index contributed by atoms with van der Waals surface area (Å²) in [6.07, 6.45) is 7.92. The molecule has 0 atom stereocenters. The Kier molecular flexibility index (Phi) is 3.95. The van der Waals surface area contributed by atoms with Gasteiger partial charge in [-0.05, 0) is 29.8 Å². The molecule has 3 aromatic carbocycles. The highest BCUT2D eigenvalue weighted by molar-refractivity contribution is 5.90. The lowest BCUT2D eigenvalue weighted by Crippen LogP contribution is -1.92. The summed E-state index contributed by atoms with van der Waals surface area (Å²) in [6, 6.07) is 20.9. The van der Waals surface area contributed by atoms with Crippen molar-refractivity contribution in [1.29, 1.82) is 0 Å². The Bertz CT molecular complexity index is 1390. The summed E-state index contributed by atoms with van der Waals surface area (Å²) in [7, 11) is 0. The molecule has 2 aromatic heterocycles. The molecule has 0 bridgehead atoms. The molecule has 0 unspecified atom stereocenters. The average Bonchev–Trinajstić information content (AvgIpc) is 3.36. The number of para-hydroxylation sites is 2. The standard InChI is InChI=1S/C23H16N4O2/c28-27(29)19-11-9-17-14-26(15-18(17)13-19)23-8-4-1-5-16(23)10-12-22-20-6-2-3-7-21(20)24-25-22/h1-15H,(H,24,25)/b12-10+. The lowest BCUT2D eigenvalue weighted by Gasteiger charge is -2.06. The molecule has 0 aliphatic rings. The lowest BCUT2D eigenvalue weighted by atomic mass is 10.1. The van der Waals surface area contributed by atoms with Gasteiger partial charge in [-0.3, -0.25) is 15.2 Å². The van der Waals surface area contributed by atoms with Crippen molar-refractivity contribution in [3.8, 4) is 5.69 Å². The third kappa shape index (κ3) is 3.06. The Balaban J connectivity index is 1.56. The fraction of sp³-hybridized carbons (Fsp3) is 0. The minimum Gasteiger partial charge on any atom is -0.322 e. The maximum absolute atomic E-state index is 11.0. The molecular formula is C23H16N4O2. The minimum atomic E-state index is -0.373. The number of fused-ring (bicyclic) bond motifs is 2. The van der Waals surface area contributed by atoms with Gasteiger partial charge in [0.05, 0.1) is 21.8 Å². The van der Waals surface area contributed by atoms with Crippen molar-refractivity contribution >= 4 is 39.5 Å². The van der Waals surface area contributed by atoms with E-state index in [9.17, 15) is 10.1 Å². The molecule has 0 spiro atoms. The van der Waals surface area contributed by atoms with Crippen LogP contribution in [0.25, 0.3) is 39.5 Å². The number of aromatic amines is 1. The number of benzene rings is 3. The van der Waals surface area contributed by atoms with Crippen molar-refractivity contribution < 1.29 is 4.92 Å². The van der Waals surface area contributed by atoms with E-state index in [1.165, 1.54) is 6.07 Å². The topological polar surface area (TPSA) is 76.8 Å². The van der Waals surface area contributed by atoms with E-state index in [1.54, 1.807) is 12.1 Å². The van der Waals surface area contributed by atoms with E-state index < -0.39 is 0 Å². The smallest absolute Gasteiger partial charge is 0.270 e. The van der Waals surface area contributed by atoms with Crippen molar-refractivity contribution in [2.24, 2.45) is 0 Å². The quantitative estimate of drug-likeness (QED) is 0.326. The second-order valence-electron chi connectivity index (χ2n) is 6.78. The van der Waals surface area contributed by atoms with E-state index in [4.69, 9.17) is 0 Å². The van der Waals surface area contributed by atoms with E-state index >= 15 is 0 Å². The van der Waals surface area contributed by atoms with Gasteiger partial charge in [-0.1, -0.05) is 42.5 Å². The fourth-order valence-electron chi connectivity index (χ4n) is 3.53. The van der Waals surface area contributed by atoms with Gasteiger partial charge < -0.3 is 4.57 Å². The van der Waals surface area contributed by atoms with Gasteiger partial charge in [-0.25, -0.2) is 0 Å². The number of nitro benzene ring substituents is 1. The third-order valence-electron chi connectivity index (χ3n) is 4.97. The van der Waals surface area contributed by atoms with Gasteiger partial charge in [0.2, 0.25) is 0 Å². The third-order valence-corrected chi connectivity index (χ3v) is 4.97. The van der Waals surface area contributed by atoms with Crippen LogP contribution in [0.2, 0.25) is 0 Å². The van der Waals surface area contributed by atoms with Crippen LogP contribution in [0.3, 0.4) is 0 Å². The van der Waals surface area contributed by atoms with Gasteiger partial charge in [0.1, 0.15) is 0 Å². The molecule has 5 rings (SSSR count). The predicted octanol–water partition coefficient (Wildman–Crippen LogP) is 5.59. The first kappa shape index (κ1) is 16.9. The number of hydrogen-bond acceptors (Lipinski definition) is 3. The maximum Gasteiger partial charge on any atom is 0.270 e. The van der Waals surface area contributed by atoms with Gasteiger partial charge in [0.15, 0.2) is 0 Å². The van der Waals surface area contributed by atoms with Gasteiger partial charge in [0.25, 0.3) is 5.69 Å². The molecule has 6 nitrogen and oxygen atoms in total. The highest BCUT2D eigenvalue weighted by Crippen LogP contribution is 2.26. The molecule has 29 heavy (non-hydrogen) atoms. The van der Waals surface area contributed by atoms with Crippen LogP contribution in [0.4, 0.5) is 5.69 Å². The molecule has 0 saturated heterocycles. The zero-order valence-electron chi connectivity index (χ0n) is 15.3. The summed E-state index contributed by atoms with van der Waals surface area (Å²) in [4.78, 5) is 10.7. The molecule has 0 saturated carbocycles. The number of nitrogens with zero attached hydrogens (tertiary/aromatic N) is 3. The number of hydrogen-bond donors (Lipinski definition) is 1. The van der Waals surface area contributed by atoms with Crippen molar-refractivity contribution in [3.63, 3.8) is 0 Å². The highest BCUT2D eigenvalue weighted by atomic mass is 16.6. The van der Waals surface area contributed by atoms with Crippen molar-refractivity contribution in [2.45, 2.75) is 0 Å². The number of nitro groups is 1. The normalized spacial score (nSPS) is 11.6. The molecule has 0 amide bonds. The Morgan fingerprint density at radius 3 is 2.62 bits per heavy atom. The SMILES string of the molecule is O=[N+]([O-])c1ccc2cn(-c3ccccc3/C=C/c3n[nH]c4ccccc34)cc2c1. The van der Waals surface area contributed by atoms with Crippen molar-refractivity contribution in [1.82, 2.24) is 14.8 Å². The number of H-pyrrole nitrogens is 1. The molecule has 6 heteroatoms. The molecule has 140 valence electrons. The molecular weight excluding hydrogens is 364 g/mol.